The van der Waals surface area contributed by atoms with Gasteiger partial charge in [-0.1, -0.05) is 42.2 Å². The third kappa shape index (κ3) is 3.89. The number of amidine groups is 1. The van der Waals surface area contributed by atoms with Gasteiger partial charge in [0.05, 0.1) is 5.56 Å². The minimum absolute atomic E-state index is 0.0462. The summed E-state index contributed by atoms with van der Waals surface area (Å²) in [6.45, 7) is 2.14. The van der Waals surface area contributed by atoms with Gasteiger partial charge in [0.2, 0.25) is 0 Å². The molecule has 0 fully saturated rings. The van der Waals surface area contributed by atoms with E-state index in [4.69, 9.17) is 27.3 Å². The number of nitrogens with zero attached hydrogens (tertiary/aromatic N) is 1. The summed E-state index contributed by atoms with van der Waals surface area (Å²) in [6, 6.07) is 12.8. The van der Waals surface area contributed by atoms with Crippen LogP contribution in [-0.4, -0.2) is 11.0 Å². The molecule has 0 aliphatic carbocycles. The molecular formula is C16H17ClN2O2. The van der Waals surface area contributed by atoms with Crippen LogP contribution < -0.4 is 10.5 Å². The minimum Gasteiger partial charge on any atom is -0.457 e. The van der Waals surface area contributed by atoms with Crippen LogP contribution in [0, 0.1) is 0 Å². The second kappa shape index (κ2) is 6.99. The number of hydrogen-bond donors (Lipinski definition) is 2. The minimum atomic E-state index is -0.0462. The molecule has 0 saturated carbocycles. The maximum absolute atomic E-state index is 8.83. The van der Waals surface area contributed by atoms with E-state index in [1.165, 1.54) is 5.56 Å². The average Bonchev–Trinajstić information content (AvgIpc) is 2.50. The molecule has 0 heterocycles. The quantitative estimate of drug-likeness (QED) is 0.377. The maximum Gasteiger partial charge on any atom is 0.173 e. The molecule has 0 radical (unpaired) electrons. The van der Waals surface area contributed by atoms with Crippen molar-refractivity contribution in [1.82, 2.24) is 0 Å². The van der Waals surface area contributed by atoms with E-state index >= 15 is 0 Å². The summed E-state index contributed by atoms with van der Waals surface area (Å²) in [5.41, 5.74) is 7.35. The Bertz CT molecular complexity index is 639. The van der Waals surface area contributed by atoms with Crippen molar-refractivity contribution in [2.45, 2.75) is 19.8 Å². The van der Waals surface area contributed by atoms with Gasteiger partial charge in [0.1, 0.15) is 11.5 Å². The maximum atomic E-state index is 8.83. The molecule has 0 bridgehead atoms. The van der Waals surface area contributed by atoms with Crippen LogP contribution in [-0.2, 0) is 6.42 Å². The molecule has 110 valence electrons. The topological polar surface area (TPSA) is 67.8 Å². The summed E-state index contributed by atoms with van der Waals surface area (Å²) in [4.78, 5) is 0. The Morgan fingerprint density at radius 1 is 1.24 bits per heavy atom. The fourth-order valence-corrected chi connectivity index (χ4v) is 2.16. The van der Waals surface area contributed by atoms with E-state index in [-0.39, 0.29) is 5.84 Å². The largest absolute Gasteiger partial charge is 0.457 e. The fourth-order valence-electron chi connectivity index (χ4n) is 1.99. The molecule has 0 spiro atoms. The molecule has 3 N–H and O–H groups in total. The van der Waals surface area contributed by atoms with Crippen molar-refractivity contribution in [3.05, 3.63) is 58.6 Å². The van der Waals surface area contributed by atoms with Crippen molar-refractivity contribution < 1.29 is 9.94 Å². The highest BCUT2D eigenvalue weighted by Gasteiger charge is 2.10. The standard InChI is InChI=1S/C16H17ClN2O2/c1-2-3-11-4-7-13(8-5-11)21-15-9-6-12(17)10-14(15)16(18)19-20/h4-10,20H,2-3H2,1H3,(H2,18,19). The van der Waals surface area contributed by atoms with Gasteiger partial charge in [0.15, 0.2) is 5.84 Å². The van der Waals surface area contributed by atoms with Gasteiger partial charge in [-0.2, -0.15) is 0 Å². The van der Waals surface area contributed by atoms with E-state index in [0.29, 0.717) is 22.1 Å². The van der Waals surface area contributed by atoms with Gasteiger partial charge in [0, 0.05) is 5.02 Å². The number of nitrogens with two attached hydrogens (primary N) is 1. The van der Waals surface area contributed by atoms with E-state index < -0.39 is 0 Å². The summed E-state index contributed by atoms with van der Waals surface area (Å²) < 4.78 is 5.79. The molecule has 5 heteroatoms. The molecule has 0 atom stereocenters. The predicted octanol–water partition coefficient (Wildman–Crippen LogP) is 4.18. The van der Waals surface area contributed by atoms with E-state index in [1.54, 1.807) is 18.2 Å². The average molecular weight is 305 g/mol. The predicted molar refractivity (Wildman–Crippen MR) is 84.5 cm³/mol. The molecule has 4 nitrogen and oxygen atoms in total. The van der Waals surface area contributed by atoms with Crippen molar-refractivity contribution >= 4 is 17.4 Å². The van der Waals surface area contributed by atoms with Crippen LogP contribution in [0.5, 0.6) is 11.5 Å². The van der Waals surface area contributed by atoms with Gasteiger partial charge in [-0.15, -0.1) is 0 Å². The lowest BCUT2D eigenvalue weighted by Gasteiger charge is -2.11. The Kier molecular flexibility index (Phi) is 5.06. The van der Waals surface area contributed by atoms with Gasteiger partial charge in [-0.25, -0.2) is 0 Å². The second-order valence-electron chi connectivity index (χ2n) is 4.62. The molecule has 2 aromatic rings. The summed E-state index contributed by atoms with van der Waals surface area (Å²) in [7, 11) is 0. The van der Waals surface area contributed by atoms with Crippen molar-refractivity contribution in [3.63, 3.8) is 0 Å². The first kappa shape index (κ1) is 15.2. The number of halogens is 1. The van der Waals surface area contributed by atoms with Gasteiger partial charge in [-0.3, -0.25) is 0 Å². The molecule has 0 amide bonds. The smallest absolute Gasteiger partial charge is 0.173 e. The molecule has 0 unspecified atom stereocenters. The van der Waals surface area contributed by atoms with Gasteiger partial charge in [-0.05, 0) is 42.3 Å². The normalized spacial score (nSPS) is 11.4. The highest BCUT2D eigenvalue weighted by molar-refractivity contribution is 6.31. The SMILES string of the molecule is CCCc1ccc(Oc2ccc(Cl)cc2C(N)=NO)cc1. The van der Waals surface area contributed by atoms with E-state index in [1.807, 2.05) is 24.3 Å². The molecule has 0 aromatic heterocycles. The zero-order valence-corrected chi connectivity index (χ0v) is 12.5. The van der Waals surface area contributed by atoms with Crippen LogP contribution in [0.1, 0.15) is 24.5 Å². The fraction of sp³-hybridized carbons (Fsp3) is 0.188. The Hall–Kier alpha value is -2.20. The zero-order valence-electron chi connectivity index (χ0n) is 11.7. The third-order valence-corrected chi connectivity index (χ3v) is 3.25. The Morgan fingerprint density at radius 2 is 1.95 bits per heavy atom. The van der Waals surface area contributed by atoms with Crippen LogP contribution in [0.3, 0.4) is 0 Å². The van der Waals surface area contributed by atoms with Crippen LogP contribution in [0.2, 0.25) is 5.02 Å². The van der Waals surface area contributed by atoms with Crippen LogP contribution >= 0.6 is 11.6 Å². The number of benzene rings is 2. The molecule has 2 rings (SSSR count). The Morgan fingerprint density at radius 3 is 2.57 bits per heavy atom. The zero-order chi connectivity index (χ0) is 15.2. The first-order valence-corrected chi connectivity index (χ1v) is 7.06. The second-order valence-corrected chi connectivity index (χ2v) is 5.06. The van der Waals surface area contributed by atoms with Gasteiger partial charge in [0.25, 0.3) is 0 Å². The highest BCUT2D eigenvalue weighted by atomic mass is 35.5. The molecule has 21 heavy (non-hydrogen) atoms. The summed E-state index contributed by atoms with van der Waals surface area (Å²) in [5.74, 6) is 1.12. The first-order valence-electron chi connectivity index (χ1n) is 6.68. The van der Waals surface area contributed by atoms with Crippen molar-refractivity contribution in [2.24, 2.45) is 10.9 Å². The molecule has 0 aliphatic heterocycles. The molecule has 2 aromatic carbocycles. The molecular weight excluding hydrogens is 288 g/mol. The number of aryl methyl sites for hydroxylation is 1. The van der Waals surface area contributed by atoms with Crippen molar-refractivity contribution in [3.8, 4) is 11.5 Å². The lowest BCUT2D eigenvalue weighted by molar-refractivity contribution is 0.318. The lowest BCUT2D eigenvalue weighted by atomic mass is 10.1. The number of rotatable bonds is 5. The summed E-state index contributed by atoms with van der Waals surface area (Å²) in [6.07, 6.45) is 2.14. The summed E-state index contributed by atoms with van der Waals surface area (Å²) >= 11 is 5.93. The Balaban J connectivity index is 2.26. The third-order valence-electron chi connectivity index (χ3n) is 3.02. The van der Waals surface area contributed by atoms with Crippen molar-refractivity contribution in [2.75, 3.05) is 0 Å². The molecule has 0 aliphatic rings. The first-order chi connectivity index (χ1) is 10.1. The van der Waals surface area contributed by atoms with Gasteiger partial charge >= 0.3 is 0 Å². The lowest BCUT2D eigenvalue weighted by Crippen LogP contribution is -2.14. The Labute approximate surface area is 128 Å². The number of hydrogen-bond acceptors (Lipinski definition) is 3. The van der Waals surface area contributed by atoms with E-state index in [2.05, 4.69) is 12.1 Å². The van der Waals surface area contributed by atoms with Gasteiger partial charge < -0.3 is 15.7 Å². The van der Waals surface area contributed by atoms with Crippen LogP contribution in [0.15, 0.2) is 47.6 Å². The monoisotopic (exact) mass is 304 g/mol. The number of oxime groups is 1. The van der Waals surface area contributed by atoms with Crippen LogP contribution in [0.25, 0.3) is 0 Å². The van der Waals surface area contributed by atoms with Crippen LogP contribution in [0.4, 0.5) is 0 Å². The molecule has 0 saturated heterocycles. The highest BCUT2D eigenvalue weighted by Crippen LogP contribution is 2.28. The van der Waals surface area contributed by atoms with E-state index in [0.717, 1.165) is 12.8 Å². The summed E-state index contributed by atoms with van der Waals surface area (Å²) in [5, 5.41) is 12.3. The van der Waals surface area contributed by atoms with E-state index in [9.17, 15) is 0 Å². The number of ether oxygens (including phenoxy) is 1. The van der Waals surface area contributed by atoms with Crippen molar-refractivity contribution in [1.29, 1.82) is 0 Å².